The van der Waals surface area contributed by atoms with Crippen molar-refractivity contribution in [1.82, 2.24) is 20.2 Å². The lowest BCUT2D eigenvalue weighted by Gasteiger charge is -2.34. The first-order chi connectivity index (χ1) is 12.2. The third-order valence-electron chi connectivity index (χ3n) is 4.88. The van der Waals surface area contributed by atoms with E-state index < -0.39 is 0 Å². The fraction of sp³-hybridized carbons (Fsp3) is 0.389. The number of carbonyl (C=O) groups excluding carboxylic acids is 2. The SMILES string of the molecule is O=C1NCCc2ccc(NC(=O)N3CCCCC3c3ncc[nH]3)cc21. The van der Waals surface area contributed by atoms with Crippen molar-refractivity contribution in [3.8, 4) is 0 Å². The van der Waals surface area contributed by atoms with Crippen LogP contribution in [0.25, 0.3) is 0 Å². The lowest BCUT2D eigenvalue weighted by molar-refractivity contribution is 0.0946. The number of imidazole rings is 1. The maximum atomic E-state index is 12.8. The molecule has 1 saturated heterocycles. The first-order valence-electron chi connectivity index (χ1n) is 8.70. The molecule has 2 aromatic rings. The van der Waals surface area contributed by atoms with Crippen molar-refractivity contribution in [2.24, 2.45) is 0 Å². The molecular weight excluding hydrogens is 318 g/mol. The Labute approximate surface area is 145 Å². The molecule has 3 heterocycles. The number of carbonyl (C=O) groups is 2. The van der Waals surface area contributed by atoms with E-state index in [-0.39, 0.29) is 18.0 Å². The number of aromatic nitrogens is 2. The lowest BCUT2D eigenvalue weighted by Crippen LogP contribution is -2.41. The molecule has 4 rings (SSSR count). The number of nitrogens with zero attached hydrogens (tertiary/aromatic N) is 2. The summed E-state index contributed by atoms with van der Waals surface area (Å²) in [5.41, 5.74) is 2.31. The summed E-state index contributed by atoms with van der Waals surface area (Å²) in [5, 5.41) is 5.77. The van der Waals surface area contributed by atoms with E-state index in [0.717, 1.165) is 37.1 Å². The monoisotopic (exact) mass is 339 g/mol. The standard InChI is InChI=1S/C18H21N5O2/c24-17-14-11-13(5-4-12(14)6-7-21-17)22-18(25)23-10-2-1-3-15(23)16-19-8-9-20-16/h4-5,8-9,11,15H,1-3,6-7,10H2,(H,19,20)(H,21,24)(H,22,25). The first kappa shape index (κ1) is 15.7. The van der Waals surface area contributed by atoms with Crippen LogP contribution in [0.5, 0.6) is 0 Å². The van der Waals surface area contributed by atoms with Crippen LogP contribution >= 0.6 is 0 Å². The minimum absolute atomic E-state index is 0.0373. The molecule has 3 N–H and O–H groups in total. The number of anilines is 1. The van der Waals surface area contributed by atoms with Gasteiger partial charge in [0.1, 0.15) is 5.82 Å². The van der Waals surface area contributed by atoms with Gasteiger partial charge < -0.3 is 20.5 Å². The molecule has 3 amide bonds. The highest BCUT2D eigenvalue weighted by atomic mass is 16.2. The Morgan fingerprint density at radius 1 is 1.32 bits per heavy atom. The van der Waals surface area contributed by atoms with Crippen molar-refractivity contribution in [1.29, 1.82) is 0 Å². The van der Waals surface area contributed by atoms with Crippen molar-refractivity contribution in [2.75, 3.05) is 18.4 Å². The van der Waals surface area contributed by atoms with Crippen molar-refractivity contribution < 1.29 is 9.59 Å². The van der Waals surface area contributed by atoms with E-state index in [1.807, 2.05) is 17.0 Å². The minimum Gasteiger partial charge on any atom is -0.352 e. The largest absolute Gasteiger partial charge is 0.352 e. The van der Waals surface area contributed by atoms with Crippen LogP contribution in [0.15, 0.2) is 30.6 Å². The van der Waals surface area contributed by atoms with Crippen molar-refractivity contribution in [3.63, 3.8) is 0 Å². The fourth-order valence-electron chi connectivity index (χ4n) is 3.60. The molecule has 1 atom stereocenters. The van der Waals surface area contributed by atoms with Gasteiger partial charge in [-0.25, -0.2) is 9.78 Å². The Hall–Kier alpha value is -2.83. The van der Waals surface area contributed by atoms with Gasteiger partial charge in [-0.3, -0.25) is 4.79 Å². The molecule has 0 aliphatic carbocycles. The van der Waals surface area contributed by atoms with E-state index in [9.17, 15) is 9.59 Å². The van der Waals surface area contributed by atoms with E-state index in [0.29, 0.717) is 24.3 Å². The van der Waals surface area contributed by atoms with Gasteiger partial charge in [-0.15, -0.1) is 0 Å². The summed E-state index contributed by atoms with van der Waals surface area (Å²) < 4.78 is 0. The molecule has 7 nitrogen and oxygen atoms in total. The Bertz CT molecular complexity index is 787. The predicted molar refractivity (Wildman–Crippen MR) is 93.4 cm³/mol. The lowest BCUT2D eigenvalue weighted by atomic mass is 9.99. The Balaban J connectivity index is 1.53. The van der Waals surface area contributed by atoms with Gasteiger partial charge in [-0.05, 0) is 43.4 Å². The maximum Gasteiger partial charge on any atom is 0.322 e. The molecule has 1 aromatic heterocycles. The molecule has 25 heavy (non-hydrogen) atoms. The third kappa shape index (κ3) is 3.09. The number of benzene rings is 1. The van der Waals surface area contributed by atoms with Crippen LogP contribution < -0.4 is 10.6 Å². The van der Waals surface area contributed by atoms with Crippen LogP contribution in [0.1, 0.15) is 47.1 Å². The van der Waals surface area contributed by atoms with E-state index in [1.54, 1.807) is 18.5 Å². The van der Waals surface area contributed by atoms with Gasteiger partial charge in [0.15, 0.2) is 0 Å². The number of likely N-dealkylation sites (tertiary alicyclic amines) is 1. The summed E-state index contributed by atoms with van der Waals surface area (Å²) in [6.45, 7) is 1.36. The summed E-state index contributed by atoms with van der Waals surface area (Å²) in [7, 11) is 0. The minimum atomic E-state index is -0.155. The van der Waals surface area contributed by atoms with Crippen molar-refractivity contribution in [2.45, 2.75) is 31.7 Å². The molecule has 0 bridgehead atoms. The van der Waals surface area contributed by atoms with Gasteiger partial charge in [0.25, 0.3) is 5.91 Å². The zero-order valence-corrected chi connectivity index (χ0v) is 13.9. The molecule has 1 unspecified atom stereocenters. The number of piperidine rings is 1. The van der Waals surface area contributed by atoms with Crippen molar-refractivity contribution in [3.05, 3.63) is 47.5 Å². The highest BCUT2D eigenvalue weighted by Gasteiger charge is 2.30. The number of aromatic amines is 1. The average Bonchev–Trinajstić information content (AvgIpc) is 3.17. The molecule has 7 heteroatoms. The van der Waals surface area contributed by atoms with Gasteiger partial charge in [-0.1, -0.05) is 6.07 Å². The van der Waals surface area contributed by atoms with Crippen LogP contribution in [0.4, 0.5) is 10.5 Å². The number of fused-ring (bicyclic) bond motifs is 1. The molecule has 2 aliphatic rings. The highest BCUT2D eigenvalue weighted by Crippen LogP contribution is 2.29. The van der Waals surface area contributed by atoms with E-state index in [4.69, 9.17) is 0 Å². The number of hydrogen-bond donors (Lipinski definition) is 3. The summed E-state index contributed by atoms with van der Waals surface area (Å²) in [6, 6.07) is 5.35. The summed E-state index contributed by atoms with van der Waals surface area (Å²) >= 11 is 0. The quantitative estimate of drug-likeness (QED) is 0.785. The molecule has 0 saturated carbocycles. The number of H-pyrrole nitrogens is 1. The topological polar surface area (TPSA) is 90.1 Å². The Morgan fingerprint density at radius 3 is 3.08 bits per heavy atom. The molecule has 0 spiro atoms. The van der Waals surface area contributed by atoms with Crippen LogP contribution in [-0.2, 0) is 6.42 Å². The molecule has 130 valence electrons. The summed E-state index contributed by atoms with van der Waals surface area (Å²) in [5.74, 6) is 0.739. The van der Waals surface area contributed by atoms with Crippen LogP contribution in [-0.4, -0.2) is 39.9 Å². The smallest absolute Gasteiger partial charge is 0.322 e. The molecule has 2 aliphatic heterocycles. The van der Waals surface area contributed by atoms with Crippen molar-refractivity contribution >= 4 is 17.6 Å². The normalized spacial score (nSPS) is 19.9. The second-order valence-electron chi connectivity index (χ2n) is 6.49. The fourth-order valence-corrected chi connectivity index (χ4v) is 3.60. The molecular formula is C18H21N5O2. The number of nitrogens with one attached hydrogen (secondary N) is 3. The number of hydrogen-bond acceptors (Lipinski definition) is 3. The Kier molecular flexibility index (Phi) is 4.13. The van der Waals surface area contributed by atoms with E-state index >= 15 is 0 Å². The first-order valence-corrected chi connectivity index (χ1v) is 8.70. The second-order valence-corrected chi connectivity index (χ2v) is 6.49. The molecule has 1 fully saturated rings. The number of amides is 3. The number of urea groups is 1. The van der Waals surface area contributed by atoms with Gasteiger partial charge in [0, 0.05) is 36.7 Å². The Morgan fingerprint density at radius 2 is 2.24 bits per heavy atom. The van der Waals surface area contributed by atoms with Crippen LogP contribution in [0.3, 0.4) is 0 Å². The molecule has 0 radical (unpaired) electrons. The summed E-state index contributed by atoms with van der Waals surface area (Å²) in [6.07, 6.45) is 7.27. The predicted octanol–water partition coefficient (Wildman–Crippen LogP) is 2.45. The van der Waals surface area contributed by atoms with E-state index in [1.165, 1.54) is 0 Å². The molecule has 1 aromatic carbocycles. The zero-order valence-electron chi connectivity index (χ0n) is 13.9. The average molecular weight is 339 g/mol. The van der Waals surface area contributed by atoms with Gasteiger partial charge in [0.2, 0.25) is 0 Å². The second kappa shape index (κ2) is 6.58. The van der Waals surface area contributed by atoms with Gasteiger partial charge >= 0.3 is 6.03 Å². The van der Waals surface area contributed by atoms with Crippen LogP contribution in [0.2, 0.25) is 0 Å². The van der Waals surface area contributed by atoms with Crippen LogP contribution in [0, 0.1) is 0 Å². The summed E-state index contributed by atoms with van der Waals surface area (Å²) in [4.78, 5) is 34.0. The third-order valence-corrected chi connectivity index (χ3v) is 4.88. The van der Waals surface area contributed by atoms with Gasteiger partial charge in [-0.2, -0.15) is 0 Å². The zero-order chi connectivity index (χ0) is 17.2. The maximum absolute atomic E-state index is 12.8. The van der Waals surface area contributed by atoms with Gasteiger partial charge in [0.05, 0.1) is 6.04 Å². The highest BCUT2D eigenvalue weighted by molar-refractivity contribution is 5.99. The van der Waals surface area contributed by atoms with E-state index in [2.05, 4.69) is 20.6 Å². The number of rotatable bonds is 2.